The Morgan fingerprint density at radius 3 is 1.86 bits per heavy atom. The number of hydrogen-bond donors (Lipinski definition) is 2. The van der Waals surface area contributed by atoms with Crippen LogP contribution in [0.25, 0.3) is 0 Å². The molecule has 2 aromatic carbocycles. The Kier molecular flexibility index (Phi) is 9.75. The number of aromatic nitrogens is 3. The van der Waals surface area contributed by atoms with E-state index in [0.717, 1.165) is 25.3 Å². The standard InChI is InChI=1S/C25H34N6O5/c1-7-31(8-2)11-12-36-19-10-9-17(13-20(19)32-3)28-24-26-16-27-25(30-24)29-18-14-21(33-4)23(35-6)22(15-18)34-5/h9-10,13-16H,7-8,11-12H2,1-6H3,(H2,26,27,28,29,30). The van der Waals surface area contributed by atoms with Gasteiger partial charge in [-0.05, 0) is 25.2 Å². The lowest BCUT2D eigenvalue weighted by Gasteiger charge is -2.19. The minimum absolute atomic E-state index is 0.338. The van der Waals surface area contributed by atoms with E-state index >= 15 is 0 Å². The predicted molar refractivity (Wildman–Crippen MR) is 139 cm³/mol. The Morgan fingerprint density at radius 2 is 1.31 bits per heavy atom. The van der Waals surface area contributed by atoms with Crippen LogP contribution in [0.5, 0.6) is 28.7 Å². The maximum atomic E-state index is 5.93. The number of methoxy groups -OCH3 is 4. The van der Waals surface area contributed by atoms with Crippen molar-refractivity contribution < 1.29 is 23.7 Å². The molecule has 0 aliphatic rings. The van der Waals surface area contributed by atoms with E-state index in [-0.39, 0.29) is 0 Å². The number of rotatable bonds is 14. The number of benzene rings is 2. The van der Waals surface area contributed by atoms with Gasteiger partial charge in [0.1, 0.15) is 12.9 Å². The van der Waals surface area contributed by atoms with E-state index in [0.29, 0.717) is 52.9 Å². The van der Waals surface area contributed by atoms with E-state index in [1.54, 1.807) is 40.6 Å². The third kappa shape index (κ3) is 6.79. The Bertz CT molecular complexity index is 1100. The van der Waals surface area contributed by atoms with E-state index in [1.165, 1.54) is 6.33 Å². The quantitative estimate of drug-likeness (QED) is 0.335. The molecule has 0 aliphatic heterocycles. The molecule has 36 heavy (non-hydrogen) atoms. The van der Waals surface area contributed by atoms with Gasteiger partial charge in [-0.15, -0.1) is 0 Å². The second kappa shape index (κ2) is 13.2. The van der Waals surface area contributed by atoms with Gasteiger partial charge < -0.3 is 39.2 Å². The number of likely N-dealkylation sites (N-methyl/N-ethyl adjacent to an activating group) is 1. The normalized spacial score (nSPS) is 10.6. The number of anilines is 4. The van der Waals surface area contributed by atoms with Gasteiger partial charge in [0, 0.05) is 36.1 Å². The molecule has 0 atom stereocenters. The summed E-state index contributed by atoms with van der Waals surface area (Å²) in [5.74, 6) is 3.51. The predicted octanol–water partition coefficient (Wildman–Crippen LogP) is 4.11. The Morgan fingerprint density at radius 1 is 0.722 bits per heavy atom. The van der Waals surface area contributed by atoms with Crippen LogP contribution in [0.1, 0.15) is 13.8 Å². The molecule has 2 N–H and O–H groups in total. The lowest BCUT2D eigenvalue weighted by Crippen LogP contribution is -2.27. The summed E-state index contributed by atoms with van der Waals surface area (Å²) in [5.41, 5.74) is 1.41. The van der Waals surface area contributed by atoms with Gasteiger partial charge in [0.2, 0.25) is 17.6 Å². The molecule has 1 aromatic heterocycles. The van der Waals surface area contributed by atoms with Gasteiger partial charge in [-0.2, -0.15) is 4.98 Å². The topological polar surface area (TPSA) is 112 Å². The minimum Gasteiger partial charge on any atom is -0.493 e. The zero-order valence-corrected chi connectivity index (χ0v) is 21.6. The maximum Gasteiger partial charge on any atom is 0.232 e. The van der Waals surface area contributed by atoms with Crippen LogP contribution in [-0.2, 0) is 0 Å². The smallest absolute Gasteiger partial charge is 0.232 e. The minimum atomic E-state index is 0.338. The van der Waals surface area contributed by atoms with Gasteiger partial charge in [0.05, 0.1) is 28.4 Å². The second-order valence-electron chi connectivity index (χ2n) is 7.54. The van der Waals surface area contributed by atoms with Crippen LogP contribution < -0.4 is 34.3 Å². The molecule has 0 amide bonds. The molecule has 3 rings (SSSR count). The summed E-state index contributed by atoms with van der Waals surface area (Å²) in [6.45, 7) is 7.68. The lowest BCUT2D eigenvalue weighted by atomic mass is 10.2. The molecule has 0 saturated heterocycles. The van der Waals surface area contributed by atoms with Crippen LogP contribution in [-0.4, -0.2) is 74.5 Å². The molecule has 0 unspecified atom stereocenters. The molecule has 0 aliphatic carbocycles. The van der Waals surface area contributed by atoms with E-state index in [1.807, 2.05) is 18.2 Å². The number of nitrogens with zero attached hydrogens (tertiary/aromatic N) is 4. The first-order chi connectivity index (χ1) is 17.5. The van der Waals surface area contributed by atoms with Crippen LogP contribution in [0.15, 0.2) is 36.7 Å². The zero-order valence-electron chi connectivity index (χ0n) is 21.6. The fourth-order valence-corrected chi connectivity index (χ4v) is 3.52. The summed E-state index contributed by atoms with van der Waals surface area (Å²) in [6, 6.07) is 9.11. The van der Waals surface area contributed by atoms with Crippen molar-refractivity contribution >= 4 is 23.3 Å². The van der Waals surface area contributed by atoms with Gasteiger partial charge in [0.25, 0.3) is 0 Å². The first-order valence-corrected chi connectivity index (χ1v) is 11.6. The van der Waals surface area contributed by atoms with Gasteiger partial charge in [0.15, 0.2) is 23.0 Å². The van der Waals surface area contributed by atoms with Crippen molar-refractivity contribution in [2.75, 3.05) is 65.3 Å². The molecule has 0 fully saturated rings. The highest BCUT2D eigenvalue weighted by Gasteiger charge is 2.14. The Hall–Kier alpha value is -3.99. The van der Waals surface area contributed by atoms with Crippen molar-refractivity contribution in [3.05, 3.63) is 36.7 Å². The average molecular weight is 499 g/mol. The molecule has 11 heteroatoms. The van der Waals surface area contributed by atoms with Crippen LogP contribution in [0, 0.1) is 0 Å². The molecular weight excluding hydrogens is 464 g/mol. The first kappa shape index (κ1) is 26.6. The first-order valence-electron chi connectivity index (χ1n) is 11.6. The van der Waals surface area contributed by atoms with Gasteiger partial charge >= 0.3 is 0 Å². The molecule has 1 heterocycles. The summed E-state index contributed by atoms with van der Waals surface area (Å²) >= 11 is 0. The van der Waals surface area contributed by atoms with Crippen LogP contribution >= 0.6 is 0 Å². The third-order valence-electron chi connectivity index (χ3n) is 5.47. The van der Waals surface area contributed by atoms with Crippen LogP contribution in [0.2, 0.25) is 0 Å². The summed E-state index contributed by atoms with van der Waals surface area (Å²) in [7, 11) is 6.28. The highest BCUT2D eigenvalue weighted by Crippen LogP contribution is 2.40. The van der Waals surface area contributed by atoms with Crippen LogP contribution in [0.4, 0.5) is 23.3 Å². The molecule has 0 spiro atoms. The number of nitrogens with one attached hydrogen (secondary N) is 2. The zero-order chi connectivity index (χ0) is 25.9. The number of hydrogen-bond acceptors (Lipinski definition) is 11. The third-order valence-corrected chi connectivity index (χ3v) is 5.47. The molecule has 11 nitrogen and oxygen atoms in total. The van der Waals surface area contributed by atoms with Crippen molar-refractivity contribution in [3.63, 3.8) is 0 Å². The highest BCUT2D eigenvalue weighted by molar-refractivity contribution is 5.66. The van der Waals surface area contributed by atoms with Gasteiger partial charge in [-0.25, -0.2) is 9.97 Å². The van der Waals surface area contributed by atoms with Crippen molar-refractivity contribution in [1.82, 2.24) is 19.9 Å². The summed E-state index contributed by atoms with van der Waals surface area (Å²) in [4.78, 5) is 15.2. The van der Waals surface area contributed by atoms with E-state index < -0.39 is 0 Å². The monoisotopic (exact) mass is 498 g/mol. The largest absolute Gasteiger partial charge is 0.493 e. The lowest BCUT2D eigenvalue weighted by molar-refractivity contribution is 0.217. The molecule has 194 valence electrons. The summed E-state index contributed by atoms with van der Waals surface area (Å²) in [5, 5.41) is 6.31. The van der Waals surface area contributed by atoms with Gasteiger partial charge in [-0.1, -0.05) is 13.8 Å². The maximum absolute atomic E-state index is 5.93. The SMILES string of the molecule is CCN(CC)CCOc1ccc(Nc2ncnc(Nc3cc(OC)c(OC)c(OC)c3)n2)cc1OC. The molecule has 0 saturated carbocycles. The van der Waals surface area contributed by atoms with E-state index in [2.05, 4.69) is 44.3 Å². The van der Waals surface area contributed by atoms with Crippen LogP contribution in [0.3, 0.4) is 0 Å². The van der Waals surface area contributed by atoms with Crippen molar-refractivity contribution in [2.24, 2.45) is 0 Å². The number of ether oxygens (including phenoxy) is 5. The Balaban J connectivity index is 1.71. The average Bonchev–Trinajstić information content (AvgIpc) is 2.91. The van der Waals surface area contributed by atoms with E-state index in [9.17, 15) is 0 Å². The van der Waals surface area contributed by atoms with Gasteiger partial charge in [-0.3, -0.25) is 0 Å². The van der Waals surface area contributed by atoms with Crippen molar-refractivity contribution in [1.29, 1.82) is 0 Å². The van der Waals surface area contributed by atoms with Crippen molar-refractivity contribution in [3.8, 4) is 28.7 Å². The molecule has 0 radical (unpaired) electrons. The highest BCUT2D eigenvalue weighted by atomic mass is 16.5. The summed E-state index contributed by atoms with van der Waals surface area (Å²) in [6.07, 6.45) is 1.41. The van der Waals surface area contributed by atoms with Crippen molar-refractivity contribution in [2.45, 2.75) is 13.8 Å². The summed E-state index contributed by atoms with van der Waals surface area (Å²) < 4.78 is 27.6. The van der Waals surface area contributed by atoms with E-state index in [4.69, 9.17) is 23.7 Å². The molecule has 3 aromatic rings. The molecule has 0 bridgehead atoms. The fraction of sp³-hybridized carbons (Fsp3) is 0.400. The Labute approximate surface area is 211 Å². The molecular formula is C25H34N6O5. The second-order valence-corrected chi connectivity index (χ2v) is 7.54. The fourth-order valence-electron chi connectivity index (χ4n) is 3.52.